The number of aliphatic hydroxyl groups is 1. The summed E-state index contributed by atoms with van der Waals surface area (Å²) < 4.78 is 18.4. The van der Waals surface area contributed by atoms with E-state index < -0.39 is 10.7 Å². The molecule has 0 aliphatic rings. The fourth-order valence-electron chi connectivity index (χ4n) is 1.58. The highest BCUT2D eigenvalue weighted by Crippen LogP contribution is 2.30. The number of nitrogens with zero attached hydrogens (tertiary/aromatic N) is 1. The highest BCUT2D eigenvalue weighted by atomic mass is 19.1. The van der Waals surface area contributed by atoms with Crippen molar-refractivity contribution in [1.29, 1.82) is 0 Å². The van der Waals surface area contributed by atoms with Crippen molar-refractivity contribution in [2.75, 3.05) is 13.7 Å². The van der Waals surface area contributed by atoms with Gasteiger partial charge in [0.1, 0.15) is 5.82 Å². The second-order valence-electron chi connectivity index (χ2n) is 3.92. The number of nitro benzene ring substituents is 1. The van der Waals surface area contributed by atoms with Crippen molar-refractivity contribution in [2.45, 2.75) is 19.3 Å². The number of unbranched alkanes of at least 4 members (excludes halogenated alkanes) is 2. The molecule has 0 aliphatic carbocycles. The van der Waals surface area contributed by atoms with Gasteiger partial charge in [0, 0.05) is 24.3 Å². The molecule has 0 unspecified atom stereocenters. The van der Waals surface area contributed by atoms with Crippen LogP contribution in [0.15, 0.2) is 18.2 Å². The van der Waals surface area contributed by atoms with Gasteiger partial charge < -0.3 is 9.84 Å². The van der Waals surface area contributed by atoms with Crippen LogP contribution in [0.4, 0.5) is 10.1 Å². The van der Waals surface area contributed by atoms with Crippen LogP contribution in [0.1, 0.15) is 24.8 Å². The zero-order valence-electron chi connectivity index (χ0n) is 10.6. The van der Waals surface area contributed by atoms with Crippen LogP contribution in [0.5, 0.6) is 5.75 Å². The first-order chi connectivity index (χ1) is 9.10. The third-order valence-electron chi connectivity index (χ3n) is 2.57. The summed E-state index contributed by atoms with van der Waals surface area (Å²) in [5.41, 5.74) is -0.115. The number of nitro groups is 1. The standard InChI is InChI=1S/C13H16FNO4/c1-19-13-9-11(14)10(8-12(13)15(17)18)6-4-2-3-5-7-16/h4,6,8-9,16H,2-3,5,7H2,1H3. The minimum atomic E-state index is -0.610. The number of methoxy groups -OCH3 is 1. The molecule has 0 saturated carbocycles. The summed E-state index contributed by atoms with van der Waals surface area (Å²) in [7, 11) is 1.26. The minimum absolute atomic E-state index is 0.0973. The number of benzene rings is 1. The number of hydrogen-bond donors (Lipinski definition) is 1. The fraction of sp³-hybridized carbons (Fsp3) is 0.385. The van der Waals surface area contributed by atoms with Gasteiger partial charge in [-0.3, -0.25) is 10.1 Å². The van der Waals surface area contributed by atoms with E-state index in [0.717, 1.165) is 18.6 Å². The van der Waals surface area contributed by atoms with E-state index in [-0.39, 0.29) is 23.6 Å². The summed E-state index contributed by atoms with van der Waals surface area (Å²) in [4.78, 5) is 10.2. The molecular weight excluding hydrogens is 253 g/mol. The molecule has 0 heterocycles. The quantitative estimate of drug-likeness (QED) is 0.469. The van der Waals surface area contributed by atoms with E-state index in [9.17, 15) is 14.5 Å². The molecule has 104 valence electrons. The first-order valence-corrected chi connectivity index (χ1v) is 5.89. The smallest absolute Gasteiger partial charge is 0.311 e. The van der Waals surface area contributed by atoms with Crippen molar-refractivity contribution in [3.8, 4) is 5.75 Å². The summed E-state index contributed by atoms with van der Waals surface area (Å²) >= 11 is 0. The van der Waals surface area contributed by atoms with Crippen LogP contribution < -0.4 is 4.74 Å². The van der Waals surface area contributed by atoms with Gasteiger partial charge in [-0.1, -0.05) is 12.2 Å². The summed E-state index contributed by atoms with van der Waals surface area (Å²) in [6.07, 6.45) is 5.37. The number of allylic oxidation sites excluding steroid dienone is 1. The molecule has 0 bridgehead atoms. The summed E-state index contributed by atoms with van der Waals surface area (Å²) in [5, 5.41) is 19.4. The van der Waals surface area contributed by atoms with Crippen LogP contribution in [0.2, 0.25) is 0 Å². The maximum Gasteiger partial charge on any atom is 0.311 e. The number of halogens is 1. The predicted molar refractivity (Wildman–Crippen MR) is 69.6 cm³/mol. The highest BCUT2D eigenvalue weighted by Gasteiger charge is 2.17. The molecule has 0 amide bonds. The Morgan fingerprint density at radius 1 is 1.47 bits per heavy atom. The van der Waals surface area contributed by atoms with E-state index in [2.05, 4.69) is 0 Å². The second-order valence-corrected chi connectivity index (χ2v) is 3.92. The Morgan fingerprint density at radius 2 is 2.21 bits per heavy atom. The van der Waals surface area contributed by atoms with Gasteiger partial charge in [-0.2, -0.15) is 0 Å². The van der Waals surface area contributed by atoms with Crippen LogP contribution in [0.3, 0.4) is 0 Å². The maximum absolute atomic E-state index is 13.7. The predicted octanol–water partition coefficient (Wildman–Crippen LogP) is 2.92. The van der Waals surface area contributed by atoms with Crippen LogP contribution in [0.25, 0.3) is 6.08 Å². The Labute approximate surface area is 110 Å². The molecule has 5 nitrogen and oxygen atoms in total. The van der Waals surface area contributed by atoms with Crippen molar-refractivity contribution in [3.63, 3.8) is 0 Å². The summed E-state index contributed by atoms with van der Waals surface area (Å²) in [6.45, 7) is 0.121. The van der Waals surface area contributed by atoms with Gasteiger partial charge in [-0.05, 0) is 19.3 Å². The molecule has 19 heavy (non-hydrogen) atoms. The average Bonchev–Trinajstić information content (AvgIpc) is 2.39. The third-order valence-corrected chi connectivity index (χ3v) is 2.57. The number of aliphatic hydroxyl groups excluding tert-OH is 1. The zero-order chi connectivity index (χ0) is 14.3. The van der Waals surface area contributed by atoms with Gasteiger partial charge >= 0.3 is 5.69 Å². The largest absolute Gasteiger partial charge is 0.490 e. The molecule has 0 aliphatic heterocycles. The van der Waals surface area contributed by atoms with E-state index in [0.29, 0.717) is 12.8 Å². The van der Waals surface area contributed by atoms with Gasteiger partial charge in [0.25, 0.3) is 0 Å². The Hall–Kier alpha value is -1.95. The lowest BCUT2D eigenvalue weighted by Crippen LogP contribution is -1.96. The number of rotatable bonds is 7. The van der Waals surface area contributed by atoms with Crippen LogP contribution in [0, 0.1) is 15.9 Å². The zero-order valence-corrected chi connectivity index (χ0v) is 10.6. The fourth-order valence-corrected chi connectivity index (χ4v) is 1.58. The monoisotopic (exact) mass is 269 g/mol. The van der Waals surface area contributed by atoms with Crippen molar-refractivity contribution in [2.24, 2.45) is 0 Å². The molecule has 6 heteroatoms. The van der Waals surface area contributed by atoms with E-state index in [4.69, 9.17) is 9.84 Å². The van der Waals surface area contributed by atoms with Gasteiger partial charge in [-0.15, -0.1) is 0 Å². The molecule has 0 radical (unpaired) electrons. The van der Waals surface area contributed by atoms with Gasteiger partial charge in [0.15, 0.2) is 5.75 Å². The molecule has 1 aromatic carbocycles. The molecule has 0 atom stereocenters. The van der Waals surface area contributed by atoms with Crippen LogP contribution in [-0.2, 0) is 0 Å². The van der Waals surface area contributed by atoms with Gasteiger partial charge in [0.05, 0.1) is 12.0 Å². The van der Waals surface area contributed by atoms with Crippen molar-refractivity contribution in [3.05, 3.63) is 39.7 Å². The SMILES string of the molecule is COc1cc(F)c(C=CCCCCO)cc1[N+](=O)[O-]. The first kappa shape index (κ1) is 15.1. The van der Waals surface area contributed by atoms with Crippen molar-refractivity contribution >= 4 is 11.8 Å². The third kappa shape index (κ3) is 4.33. The first-order valence-electron chi connectivity index (χ1n) is 5.89. The topological polar surface area (TPSA) is 72.6 Å². The lowest BCUT2D eigenvalue weighted by molar-refractivity contribution is -0.385. The lowest BCUT2D eigenvalue weighted by Gasteiger charge is -2.04. The second kappa shape index (κ2) is 7.48. The molecule has 0 saturated heterocycles. The van der Waals surface area contributed by atoms with Crippen LogP contribution in [-0.4, -0.2) is 23.7 Å². The summed E-state index contributed by atoms with van der Waals surface area (Å²) in [6, 6.07) is 2.15. The van der Waals surface area contributed by atoms with Crippen LogP contribution >= 0.6 is 0 Å². The van der Waals surface area contributed by atoms with E-state index in [1.54, 1.807) is 6.08 Å². The molecule has 0 fully saturated rings. The Bertz CT molecular complexity index is 474. The van der Waals surface area contributed by atoms with Crippen molar-refractivity contribution < 1.29 is 19.2 Å². The van der Waals surface area contributed by atoms with E-state index in [1.807, 2.05) is 0 Å². The number of ether oxygens (including phenoxy) is 1. The highest BCUT2D eigenvalue weighted by molar-refractivity contribution is 5.59. The Balaban J connectivity index is 2.89. The molecule has 1 aromatic rings. The number of hydrogen-bond acceptors (Lipinski definition) is 4. The minimum Gasteiger partial charge on any atom is -0.490 e. The Kier molecular flexibility index (Phi) is 5.95. The van der Waals surface area contributed by atoms with E-state index >= 15 is 0 Å². The Morgan fingerprint density at radius 3 is 2.79 bits per heavy atom. The molecule has 1 N–H and O–H groups in total. The van der Waals surface area contributed by atoms with Gasteiger partial charge in [0.2, 0.25) is 0 Å². The van der Waals surface area contributed by atoms with Crippen molar-refractivity contribution in [1.82, 2.24) is 0 Å². The lowest BCUT2D eigenvalue weighted by atomic mass is 10.1. The summed E-state index contributed by atoms with van der Waals surface area (Å²) in [5.74, 6) is -0.666. The molecule has 0 spiro atoms. The molecule has 0 aromatic heterocycles. The average molecular weight is 269 g/mol. The van der Waals surface area contributed by atoms with Gasteiger partial charge in [-0.25, -0.2) is 4.39 Å². The van der Waals surface area contributed by atoms with E-state index in [1.165, 1.54) is 13.2 Å². The molecule has 1 rings (SSSR count). The normalized spacial score (nSPS) is 10.9. The molecular formula is C13H16FNO4. The maximum atomic E-state index is 13.7.